The smallest absolute Gasteiger partial charge is 0.225 e. The van der Waals surface area contributed by atoms with Crippen LogP contribution < -0.4 is 5.73 Å². The molecule has 0 unspecified atom stereocenters. The second-order valence-corrected chi connectivity index (χ2v) is 4.44. The van der Waals surface area contributed by atoms with Crippen molar-refractivity contribution in [3.63, 3.8) is 0 Å². The van der Waals surface area contributed by atoms with Crippen molar-refractivity contribution in [2.75, 3.05) is 33.4 Å². The number of carbonyl (C=O) groups is 1. The first kappa shape index (κ1) is 16.4. The minimum Gasteiger partial charge on any atom is -0.378 e. The van der Waals surface area contributed by atoms with Gasteiger partial charge >= 0.3 is 0 Å². The minimum absolute atomic E-state index is 0.185. The van der Waals surface area contributed by atoms with Crippen LogP contribution in [-0.4, -0.2) is 44.2 Å². The van der Waals surface area contributed by atoms with Crippen LogP contribution in [0.15, 0.2) is 0 Å². The van der Waals surface area contributed by atoms with E-state index in [2.05, 4.69) is 13.8 Å². The predicted octanol–water partition coefficient (Wildman–Crippen LogP) is 1.64. The quantitative estimate of drug-likeness (QED) is 0.594. The molecule has 0 spiro atoms. The van der Waals surface area contributed by atoms with Crippen LogP contribution in [0, 0.1) is 5.92 Å². The molecule has 1 amide bonds. The summed E-state index contributed by atoms with van der Waals surface area (Å²) in [7, 11) is 1.85. The maximum Gasteiger partial charge on any atom is 0.225 e. The number of ether oxygens (including phenoxy) is 1. The molecule has 0 aliphatic carbocycles. The summed E-state index contributed by atoms with van der Waals surface area (Å²) in [4.78, 5) is 13.9. The molecule has 0 saturated carbocycles. The Bertz CT molecular complexity index is 192. The largest absolute Gasteiger partial charge is 0.378 e. The average Bonchev–Trinajstić information content (AvgIpc) is 2.33. The number of likely N-dealkylation sites (N-methyl/N-ethyl adjacent to an activating group) is 1. The number of hydrogen-bond donors (Lipinski definition) is 1. The van der Waals surface area contributed by atoms with Crippen LogP contribution in [0.4, 0.5) is 0 Å². The van der Waals surface area contributed by atoms with E-state index in [1.807, 2.05) is 7.05 Å². The first-order valence-corrected chi connectivity index (χ1v) is 6.70. The molecule has 2 N–H and O–H groups in total. The number of carbonyl (C=O) groups excluding carboxylic acids is 1. The predicted molar refractivity (Wildman–Crippen MR) is 70.8 cm³/mol. The average molecular weight is 244 g/mol. The maximum absolute atomic E-state index is 12.1. The van der Waals surface area contributed by atoms with Gasteiger partial charge in [-0.25, -0.2) is 0 Å². The number of nitrogens with two attached hydrogens (primary N) is 1. The Morgan fingerprint density at radius 2 is 1.82 bits per heavy atom. The first-order valence-electron chi connectivity index (χ1n) is 6.70. The number of nitrogens with zero attached hydrogens (tertiary/aromatic N) is 1. The van der Waals surface area contributed by atoms with Crippen molar-refractivity contribution in [2.24, 2.45) is 11.7 Å². The Labute approximate surface area is 105 Å². The summed E-state index contributed by atoms with van der Waals surface area (Å²) in [6, 6.07) is 0. The monoisotopic (exact) mass is 244 g/mol. The third kappa shape index (κ3) is 7.34. The lowest BCUT2D eigenvalue weighted by atomic mass is 9.97. The third-order valence-corrected chi connectivity index (χ3v) is 2.83. The van der Waals surface area contributed by atoms with E-state index in [0.717, 1.165) is 25.7 Å². The molecule has 0 saturated heterocycles. The second kappa shape index (κ2) is 10.5. The van der Waals surface area contributed by atoms with Gasteiger partial charge in [-0.3, -0.25) is 4.79 Å². The summed E-state index contributed by atoms with van der Waals surface area (Å²) in [6.45, 7) is 6.58. The van der Waals surface area contributed by atoms with E-state index < -0.39 is 0 Å². The molecule has 0 aromatic rings. The van der Waals surface area contributed by atoms with Gasteiger partial charge in [0.05, 0.1) is 13.2 Å². The maximum atomic E-state index is 12.1. The van der Waals surface area contributed by atoms with Crippen LogP contribution in [0.5, 0.6) is 0 Å². The van der Waals surface area contributed by atoms with E-state index in [9.17, 15) is 4.79 Å². The van der Waals surface area contributed by atoms with Crippen molar-refractivity contribution >= 4 is 5.91 Å². The van der Waals surface area contributed by atoms with Gasteiger partial charge < -0.3 is 15.4 Å². The third-order valence-electron chi connectivity index (χ3n) is 2.83. The molecule has 0 fully saturated rings. The standard InChI is InChI=1S/C13H28N2O2/c1-4-6-12(7-5-2)13(16)15(3)9-11-17-10-8-14/h12H,4-11,14H2,1-3H3. The van der Waals surface area contributed by atoms with E-state index >= 15 is 0 Å². The highest BCUT2D eigenvalue weighted by atomic mass is 16.5. The summed E-state index contributed by atoms with van der Waals surface area (Å²) in [6.07, 6.45) is 4.10. The van der Waals surface area contributed by atoms with Crippen LogP contribution >= 0.6 is 0 Å². The van der Waals surface area contributed by atoms with Gasteiger partial charge in [-0.15, -0.1) is 0 Å². The van der Waals surface area contributed by atoms with Crippen molar-refractivity contribution < 1.29 is 9.53 Å². The molecule has 0 bridgehead atoms. The van der Waals surface area contributed by atoms with Gasteiger partial charge in [-0.05, 0) is 12.8 Å². The fourth-order valence-corrected chi connectivity index (χ4v) is 1.90. The lowest BCUT2D eigenvalue weighted by molar-refractivity contribution is -0.135. The van der Waals surface area contributed by atoms with Crippen LogP contribution in [0.2, 0.25) is 0 Å². The topological polar surface area (TPSA) is 55.6 Å². The Morgan fingerprint density at radius 1 is 1.24 bits per heavy atom. The number of hydrogen-bond acceptors (Lipinski definition) is 3. The van der Waals surface area contributed by atoms with Gasteiger partial charge in [0.2, 0.25) is 5.91 Å². The van der Waals surface area contributed by atoms with Crippen molar-refractivity contribution in [3.8, 4) is 0 Å². The van der Waals surface area contributed by atoms with E-state index in [1.54, 1.807) is 4.90 Å². The molecular formula is C13H28N2O2. The molecule has 0 aliphatic heterocycles. The molecule has 4 nitrogen and oxygen atoms in total. The zero-order valence-electron chi connectivity index (χ0n) is 11.6. The van der Waals surface area contributed by atoms with E-state index in [0.29, 0.717) is 26.3 Å². The molecule has 4 heteroatoms. The molecule has 0 atom stereocenters. The summed E-state index contributed by atoms with van der Waals surface area (Å²) < 4.78 is 5.28. The normalized spacial score (nSPS) is 10.9. The zero-order chi connectivity index (χ0) is 13.1. The fourth-order valence-electron chi connectivity index (χ4n) is 1.90. The number of amides is 1. The fraction of sp³-hybridized carbons (Fsp3) is 0.923. The zero-order valence-corrected chi connectivity index (χ0v) is 11.6. The van der Waals surface area contributed by atoms with E-state index in [-0.39, 0.29) is 11.8 Å². The van der Waals surface area contributed by atoms with Crippen LogP contribution in [-0.2, 0) is 9.53 Å². The van der Waals surface area contributed by atoms with E-state index in [4.69, 9.17) is 10.5 Å². The summed E-state index contributed by atoms with van der Waals surface area (Å²) in [5.74, 6) is 0.439. The first-order chi connectivity index (χ1) is 8.17. The highest BCUT2D eigenvalue weighted by Crippen LogP contribution is 2.15. The summed E-state index contributed by atoms with van der Waals surface area (Å²) >= 11 is 0. The Balaban J connectivity index is 3.97. The highest BCUT2D eigenvalue weighted by molar-refractivity contribution is 5.78. The van der Waals surface area contributed by atoms with Crippen molar-refractivity contribution in [3.05, 3.63) is 0 Å². The molecule has 0 aliphatic rings. The summed E-state index contributed by atoms with van der Waals surface area (Å²) in [5, 5.41) is 0. The lowest BCUT2D eigenvalue weighted by Crippen LogP contribution is -2.35. The van der Waals surface area contributed by atoms with Crippen molar-refractivity contribution in [1.82, 2.24) is 4.90 Å². The molecule has 0 radical (unpaired) electrons. The SMILES string of the molecule is CCCC(CCC)C(=O)N(C)CCOCCN. The minimum atomic E-state index is 0.185. The molecule has 0 rings (SSSR count). The van der Waals surface area contributed by atoms with Crippen molar-refractivity contribution in [2.45, 2.75) is 39.5 Å². The van der Waals surface area contributed by atoms with Crippen LogP contribution in [0.3, 0.4) is 0 Å². The van der Waals surface area contributed by atoms with Gasteiger partial charge in [0.25, 0.3) is 0 Å². The molecule has 102 valence electrons. The molecule has 0 aromatic heterocycles. The lowest BCUT2D eigenvalue weighted by Gasteiger charge is -2.23. The molecule has 0 heterocycles. The Hall–Kier alpha value is -0.610. The van der Waals surface area contributed by atoms with Crippen LogP contribution in [0.1, 0.15) is 39.5 Å². The second-order valence-electron chi connectivity index (χ2n) is 4.44. The van der Waals surface area contributed by atoms with Crippen LogP contribution in [0.25, 0.3) is 0 Å². The Morgan fingerprint density at radius 3 is 2.29 bits per heavy atom. The van der Waals surface area contributed by atoms with Gasteiger partial charge in [0.15, 0.2) is 0 Å². The van der Waals surface area contributed by atoms with Crippen molar-refractivity contribution in [1.29, 1.82) is 0 Å². The molecular weight excluding hydrogens is 216 g/mol. The van der Waals surface area contributed by atoms with Gasteiger partial charge in [0.1, 0.15) is 0 Å². The Kier molecular flexibility index (Phi) is 10.2. The number of rotatable bonds is 10. The highest BCUT2D eigenvalue weighted by Gasteiger charge is 2.19. The van der Waals surface area contributed by atoms with Gasteiger partial charge in [-0.1, -0.05) is 26.7 Å². The molecule has 0 aromatic carbocycles. The molecule has 17 heavy (non-hydrogen) atoms. The van der Waals surface area contributed by atoms with E-state index in [1.165, 1.54) is 0 Å². The van der Waals surface area contributed by atoms with Gasteiger partial charge in [0, 0.05) is 26.1 Å². The summed E-state index contributed by atoms with van der Waals surface area (Å²) in [5.41, 5.74) is 5.33. The van der Waals surface area contributed by atoms with Gasteiger partial charge in [-0.2, -0.15) is 0 Å².